The topological polar surface area (TPSA) is 84.3 Å². The lowest BCUT2D eigenvalue weighted by molar-refractivity contribution is -0.384. The number of nitrogens with zero attached hydrogens (tertiary/aromatic N) is 1. The first kappa shape index (κ1) is 18.0. The summed E-state index contributed by atoms with van der Waals surface area (Å²) in [4.78, 5) is 20.6. The van der Waals surface area contributed by atoms with Crippen molar-refractivity contribution in [2.45, 2.75) is 19.5 Å². The number of alkyl halides is 3. The fourth-order valence-corrected chi connectivity index (χ4v) is 1.92. The Morgan fingerprint density at radius 3 is 2.50 bits per heavy atom. The lowest BCUT2D eigenvalue weighted by atomic mass is 10.1. The number of carbonyl (C=O) groups is 1. The van der Waals surface area contributed by atoms with Crippen LogP contribution in [0.2, 0.25) is 5.02 Å². The van der Waals surface area contributed by atoms with Crippen LogP contribution in [-0.2, 0) is 11.0 Å². The third-order valence-electron chi connectivity index (χ3n) is 2.63. The van der Waals surface area contributed by atoms with E-state index < -0.39 is 27.4 Å². The zero-order chi connectivity index (χ0) is 16.9. The maximum atomic E-state index is 12.7. The molecule has 0 saturated heterocycles. The number of hydrogen-bond donors (Lipinski definition) is 2. The van der Waals surface area contributed by atoms with Crippen molar-refractivity contribution in [2.24, 2.45) is 0 Å². The highest BCUT2D eigenvalue weighted by molar-refractivity contribution is 6.31. The molecule has 0 atom stereocenters. The van der Waals surface area contributed by atoms with Crippen molar-refractivity contribution in [3.63, 3.8) is 0 Å². The average molecular weight is 340 g/mol. The van der Waals surface area contributed by atoms with Crippen LogP contribution in [0.25, 0.3) is 0 Å². The number of carbonyl (C=O) groups excluding carboxylic acids is 1. The molecule has 1 rings (SSSR count). The molecule has 0 heterocycles. The van der Waals surface area contributed by atoms with Gasteiger partial charge in [-0.25, -0.2) is 0 Å². The van der Waals surface area contributed by atoms with Crippen molar-refractivity contribution in [1.82, 2.24) is 5.32 Å². The molecule has 1 amide bonds. The largest absolute Gasteiger partial charge is 0.418 e. The van der Waals surface area contributed by atoms with E-state index in [1.807, 2.05) is 0 Å². The van der Waals surface area contributed by atoms with Gasteiger partial charge in [-0.1, -0.05) is 11.6 Å². The molecule has 0 aliphatic heterocycles. The van der Waals surface area contributed by atoms with Crippen molar-refractivity contribution in [3.05, 3.63) is 32.8 Å². The van der Waals surface area contributed by atoms with Gasteiger partial charge in [-0.15, -0.1) is 0 Å². The van der Waals surface area contributed by atoms with Crippen LogP contribution in [0.4, 0.5) is 24.5 Å². The van der Waals surface area contributed by atoms with Crippen molar-refractivity contribution in [2.75, 3.05) is 18.4 Å². The molecule has 0 spiro atoms. The molecule has 0 bridgehead atoms. The van der Waals surface area contributed by atoms with E-state index in [4.69, 9.17) is 11.6 Å². The van der Waals surface area contributed by atoms with E-state index in [0.29, 0.717) is 19.0 Å². The Morgan fingerprint density at radius 2 is 2.00 bits per heavy atom. The highest BCUT2D eigenvalue weighted by Crippen LogP contribution is 2.40. The summed E-state index contributed by atoms with van der Waals surface area (Å²) in [6.45, 7) is 1.90. The molecular weight excluding hydrogens is 327 g/mol. The van der Waals surface area contributed by atoms with Crippen LogP contribution >= 0.6 is 11.6 Å². The molecule has 0 radical (unpaired) electrons. The number of benzene rings is 1. The van der Waals surface area contributed by atoms with Crippen LogP contribution in [-0.4, -0.2) is 23.9 Å². The fourth-order valence-electron chi connectivity index (χ4n) is 1.65. The minimum Gasteiger partial charge on any atom is -0.379 e. The van der Waals surface area contributed by atoms with E-state index in [1.165, 1.54) is 6.92 Å². The summed E-state index contributed by atoms with van der Waals surface area (Å²) in [6.07, 6.45) is -4.33. The van der Waals surface area contributed by atoms with Crippen molar-refractivity contribution in [1.29, 1.82) is 0 Å². The molecule has 10 heteroatoms. The van der Waals surface area contributed by atoms with Gasteiger partial charge in [0.05, 0.1) is 15.5 Å². The molecule has 0 aliphatic rings. The number of hydrogen-bond acceptors (Lipinski definition) is 4. The van der Waals surface area contributed by atoms with Crippen LogP contribution in [0.5, 0.6) is 0 Å². The molecule has 0 saturated carbocycles. The summed E-state index contributed by atoms with van der Waals surface area (Å²) < 4.78 is 38.1. The second-order valence-electron chi connectivity index (χ2n) is 4.37. The summed E-state index contributed by atoms with van der Waals surface area (Å²) in [5.41, 5.74) is -2.08. The summed E-state index contributed by atoms with van der Waals surface area (Å²) in [6, 6.07) is 1.28. The van der Waals surface area contributed by atoms with Gasteiger partial charge in [0.2, 0.25) is 5.91 Å². The van der Waals surface area contributed by atoms with Crippen LogP contribution in [0, 0.1) is 10.1 Å². The van der Waals surface area contributed by atoms with E-state index in [-0.39, 0.29) is 18.1 Å². The molecule has 1 aromatic rings. The minimum atomic E-state index is -4.77. The highest BCUT2D eigenvalue weighted by Gasteiger charge is 2.36. The second-order valence-corrected chi connectivity index (χ2v) is 4.77. The molecule has 1 aromatic carbocycles. The first-order valence-electron chi connectivity index (χ1n) is 6.16. The highest BCUT2D eigenvalue weighted by atomic mass is 35.5. The zero-order valence-corrected chi connectivity index (χ0v) is 12.2. The van der Waals surface area contributed by atoms with Crippen molar-refractivity contribution in [3.8, 4) is 0 Å². The third kappa shape index (κ3) is 5.06. The lowest BCUT2D eigenvalue weighted by Gasteiger charge is -2.12. The summed E-state index contributed by atoms with van der Waals surface area (Å²) in [5.74, 6) is -0.219. The molecule has 22 heavy (non-hydrogen) atoms. The summed E-state index contributed by atoms with van der Waals surface area (Å²) in [7, 11) is 0. The molecule has 122 valence electrons. The number of amides is 1. The number of halogens is 4. The van der Waals surface area contributed by atoms with Crippen LogP contribution in [0.1, 0.15) is 18.9 Å². The lowest BCUT2D eigenvalue weighted by Crippen LogP contribution is -2.22. The SMILES string of the molecule is CC(=O)NCCCNc1cc(Cl)c(C(F)(F)F)cc1[N+](=O)[O-]. The molecule has 0 fully saturated rings. The number of nitro groups is 1. The van der Waals surface area contributed by atoms with Crippen LogP contribution in [0.3, 0.4) is 0 Å². The number of rotatable bonds is 6. The van der Waals surface area contributed by atoms with Gasteiger partial charge in [0, 0.05) is 26.1 Å². The molecule has 0 unspecified atom stereocenters. The van der Waals surface area contributed by atoms with Gasteiger partial charge in [-0.2, -0.15) is 13.2 Å². The first-order chi connectivity index (χ1) is 10.1. The van der Waals surface area contributed by atoms with Gasteiger partial charge >= 0.3 is 6.18 Å². The number of nitro benzene ring substituents is 1. The van der Waals surface area contributed by atoms with Crippen molar-refractivity contribution < 1.29 is 22.9 Å². The van der Waals surface area contributed by atoms with Gasteiger partial charge in [0.1, 0.15) is 5.69 Å². The van der Waals surface area contributed by atoms with Gasteiger partial charge in [0.25, 0.3) is 5.69 Å². The van der Waals surface area contributed by atoms with Gasteiger partial charge in [-0.3, -0.25) is 14.9 Å². The molecule has 0 aromatic heterocycles. The maximum absolute atomic E-state index is 12.7. The van der Waals surface area contributed by atoms with E-state index >= 15 is 0 Å². The van der Waals surface area contributed by atoms with E-state index in [0.717, 1.165) is 6.07 Å². The molecule has 0 aliphatic carbocycles. The Hall–Kier alpha value is -2.03. The quantitative estimate of drug-likeness (QED) is 0.473. The number of anilines is 1. The Kier molecular flexibility index (Phi) is 5.98. The predicted octanol–water partition coefficient (Wildman–Crippen LogP) is 3.21. The fraction of sp³-hybridized carbons (Fsp3) is 0.417. The third-order valence-corrected chi connectivity index (χ3v) is 2.94. The van der Waals surface area contributed by atoms with Gasteiger partial charge in [-0.05, 0) is 12.5 Å². The van der Waals surface area contributed by atoms with Crippen molar-refractivity contribution >= 4 is 28.9 Å². The zero-order valence-electron chi connectivity index (χ0n) is 11.5. The molecule has 2 N–H and O–H groups in total. The first-order valence-corrected chi connectivity index (χ1v) is 6.54. The smallest absolute Gasteiger partial charge is 0.379 e. The maximum Gasteiger partial charge on any atom is 0.418 e. The summed E-state index contributed by atoms with van der Waals surface area (Å²) >= 11 is 5.53. The standard InChI is InChI=1S/C12H13ClF3N3O3/c1-7(20)17-3-2-4-18-10-6-9(13)8(12(14,15)16)5-11(10)19(21)22/h5-6,18H,2-4H2,1H3,(H,17,20). The van der Waals surface area contributed by atoms with Gasteiger partial charge < -0.3 is 10.6 Å². The Bertz CT molecular complexity index is 579. The summed E-state index contributed by atoms with van der Waals surface area (Å²) in [5, 5.41) is 15.4. The van der Waals surface area contributed by atoms with E-state index in [9.17, 15) is 28.1 Å². The predicted molar refractivity (Wildman–Crippen MR) is 74.9 cm³/mol. The van der Waals surface area contributed by atoms with Crippen LogP contribution < -0.4 is 10.6 Å². The Balaban J connectivity index is 2.88. The average Bonchev–Trinajstić information content (AvgIpc) is 2.36. The Morgan fingerprint density at radius 1 is 1.36 bits per heavy atom. The second kappa shape index (κ2) is 7.30. The van der Waals surface area contributed by atoms with E-state index in [2.05, 4.69) is 10.6 Å². The normalized spacial score (nSPS) is 11.1. The minimum absolute atomic E-state index is 0.106. The monoisotopic (exact) mass is 339 g/mol. The van der Waals surface area contributed by atoms with Gasteiger partial charge in [0.15, 0.2) is 0 Å². The number of nitrogens with one attached hydrogen (secondary N) is 2. The molecule has 6 nitrogen and oxygen atoms in total. The Labute approximate surface area is 128 Å². The van der Waals surface area contributed by atoms with Crippen LogP contribution in [0.15, 0.2) is 12.1 Å². The molecular formula is C12H13ClF3N3O3. The van der Waals surface area contributed by atoms with E-state index in [1.54, 1.807) is 0 Å².